The summed E-state index contributed by atoms with van der Waals surface area (Å²) in [7, 11) is 0. The standard InChI is InChI=1S/C29H23FN4O/c1-17-22-11-12-25-27(29(22,2)16-24(31-3)26(17)35)33-28(34(25)19-8-6-7-18(30)15-19)21-13-14-32-23-10-5-4-9-20(21)23/h4-10,13-17,22H,11-12H2,1-2H3/t17-,22-,29-/m1/s1. The minimum Gasteiger partial charge on any atom is -0.308 e. The third-order valence-electron chi connectivity index (χ3n) is 7.73. The summed E-state index contributed by atoms with van der Waals surface area (Å²) in [6.45, 7) is 11.6. The predicted octanol–water partition coefficient (Wildman–Crippen LogP) is 6.07. The van der Waals surface area contributed by atoms with Crippen molar-refractivity contribution in [2.45, 2.75) is 32.1 Å². The first-order valence-electron chi connectivity index (χ1n) is 11.8. The van der Waals surface area contributed by atoms with Crippen molar-refractivity contribution in [3.63, 3.8) is 0 Å². The number of imidazole rings is 1. The van der Waals surface area contributed by atoms with Crippen molar-refractivity contribution in [3.8, 4) is 17.1 Å². The van der Waals surface area contributed by atoms with Gasteiger partial charge in [0.25, 0.3) is 0 Å². The Morgan fingerprint density at radius 2 is 2.00 bits per heavy atom. The van der Waals surface area contributed by atoms with Crippen LogP contribution in [0.4, 0.5) is 4.39 Å². The Bertz CT molecular complexity index is 1590. The van der Waals surface area contributed by atoms with Gasteiger partial charge in [-0.1, -0.05) is 44.2 Å². The van der Waals surface area contributed by atoms with Gasteiger partial charge in [-0.25, -0.2) is 14.2 Å². The molecule has 2 aromatic carbocycles. The number of aromatic nitrogens is 3. The fourth-order valence-corrected chi connectivity index (χ4v) is 6.05. The Labute approximate surface area is 202 Å². The number of para-hydroxylation sites is 1. The van der Waals surface area contributed by atoms with Gasteiger partial charge >= 0.3 is 0 Å². The van der Waals surface area contributed by atoms with E-state index in [-0.39, 0.29) is 29.1 Å². The molecule has 6 heteroatoms. The maximum absolute atomic E-state index is 14.4. The number of allylic oxidation sites excluding steroid dienone is 2. The zero-order valence-corrected chi connectivity index (χ0v) is 19.5. The second-order valence-corrected chi connectivity index (χ2v) is 9.64. The van der Waals surface area contributed by atoms with Gasteiger partial charge in [-0.05, 0) is 49.1 Å². The van der Waals surface area contributed by atoms with Gasteiger partial charge in [0.1, 0.15) is 11.6 Å². The predicted molar refractivity (Wildman–Crippen MR) is 132 cm³/mol. The zero-order chi connectivity index (χ0) is 24.3. The van der Waals surface area contributed by atoms with Crippen LogP contribution in [0.15, 0.2) is 72.6 Å². The lowest BCUT2D eigenvalue weighted by Gasteiger charge is -2.44. The van der Waals surface area contributed by atoms with E-state index >= 15 is 0 Å². The molecular weight excluding hydrogens is 439 g/mol. The summed E-state index contributed by atoms with van der Waals surface area (Å²) in [6.07, 6.45) is 5.09. The van der Waals surface area contributed by atoms with Crippen LogP contribution >= 0.6 is 0 Å². The second-order valence-electron chi connectivity index (χ2n) is 9.64. The van der Waals surface area contributed by atoms with Crippen LogP contribution < -0.4 is 0 Å². The number of rotatable bonds is 2. The maximum atomic E-state index is 14.4. The lowest BCUT2D eigenvalue weighted by Crippen LogP contribution is -2.45. The number of halogens is 1. The highest BCUT2D eigenvalue weighted by Crippen LogP contribution is 2.51. The van der Waals surface area contributed by atoms with Crippen molar-refractivity contribution in [1.29, 1.82) is 0 Å². The molecule has 0 saturated heterocycles. The van der Waals surface area contributed by atoms with Crippen LogP contribution in [-0.4, -0.2) is 20.3 Å². The van der Waals surface area contributed by atoms with Crippen molar-refractivity contribution in [3.05, 3.63) is 101 Å². The third kappa shape index (κ3) is 3.08. The van der Waals surface area contributed by atoms with E-state index < -0.39 is 5.41 Å². The van der Waals surface area contributed by atoms with Crippen LogP contribution in [-0.2, 0) is 16.6 Å². The summed E-state index contributed by atoms with van der Waals surface area (Å²) < 4.78 is 16.4. The number of Topliss-reactive ketones (excluding diaryl/α,β-unsaturated/α-hetero) is 1. The van der Waals surface area contributed by atoms with Crippen molar-refractivity contribution in [2.24, 2.45) is 11.8 Å². The average molecular weight is 463 g/mol. The molecule has 0 fully saturated rings. The van der Waals surface area contributed by atoms with Gasteiger partial charge in [-0.2, -0.15) is 0 Å². The number of benzene rings is 2. The van der Waals surface area contributed by atoms with Crippen LogP contribution in [0.5, 0.6) is 0 Å². The number of fused-ring (bicyclic) bond motifs is 4. The highest BCUT2D eigenvalue weighted by molar-refractivity contribution is 6.00. The van der Waals surface area contributed by atoms with Gasteiger partial charge in [0, 0.05) is 34.2 Å². The van der Waals surface area contributed by atoms with Crippen LogP contribution in [0.1, 0.15) is 31.7 Å². The molecule has 0 amide bonds. The summed E-state index contributed by atoms with van der Waals surface area (Å²) in [5.41, 5.74) is 3.92. The van der Waals surface area contributed by atoms with Crippen LogP contribution in [0.2, 0.25) is 0 Å². The fraction of sp³-hybridized carbons (Fsp3) is 0.241. The number of nitrogens with zero attached hydrogens (tertiary/aromatic N) is 4. The minimum atomic E-state index is -0.572. The third-order valence-corrected chi connectivity index (χ3v) is 7.73. The van der Waals surface area contributed by atoms with Crippen molar-refractivity contribution < 1.29 is 9.18 Å². The molecule has 0 radical (unpaired) electrons. The first-order valence-corrected chi connectivity index (χ1v) is 11.8. The van der Waals surface area contributed by atoms with E-state index in [9.17, 15) is 9.18 Å². The Balaban J connectivity index is 1.69. The highest BCUT2D eigenvalue weighted by Gasteiger charge is 2.50. The molecule has 2 aromatic heterocycles. The smallest absolute Gasteiger partial charge is 0.226 e. The van der Waals surface area contributed by atoms with Gasteiger partial charge in [-0.15, -0.1) is 0 Å². The molecule has 5 nitrogen and oxygen atoms in total. The van der Waals surface area contributed by atoms with Gasteiger partial charge < -0.3 is 4.79 Å². The number of carbonyl (C=O) groups excluding carboxylic acids is 1. The van der Waals surface area contributed by atoms with Gasteiger partial charge in [0.2, 0.25) is 5.70 Å². The topological polar surface area (TPSA) is 52.1 Å². The molecule has 0 unspecified atom stereocenters. The molecule has 2 heterocycles. The number of pyridine rings is 1. The molecule has 2 aliphatic rings. The molecule has 3 atom stereocenters. The zero-order valence-electron chi connectivity index (χ0n) is 19.5. The fourth-order valence-electron chi connectivity index (χ4n) is 6.05. The molecule has 0 bridgehead atoms. The van der Waals surface area contributed by atoms with Crippen molar-refractivity contribution >= 4 is 16.7 Å². The van der Waals surface area contributed by atoms with E-state index in [2.05, 4.69) is 16.8 Å². The number of hydrogen-bond donors (Lipinski definition) is 0. The van der Waals surface area contributed by atoms with E-state index in [0.717, 1.165) is 34.3 Å². The summed E-state index contributed by atoms with van der Waals surface area (Å²) >= 11 is 0. The maximum Gasteiger partial charge on any atom is 0.226 e. The molecule has 35 heavy (non-hydrogen) atoms. The molecule has 4 aromatic rings. The lowest BCUT2D eigenvalue weighted by atomic mass is 9.59. The number of hydrogen-bond acceptors (Lipinski definition) is 3. The van der Waals surface area contributed by atoms with Crippen LogP contribution in [0.3, 0.4) is 0 Å². The Morgan fingerprint density at radius 1 is 1.17 bits per heavy atom. The SMILES string of the molecule is [C-]#[N+]C1=C[C@@]2(C)c3nc(-c4ccnc5ccccc45)n(-c4cccc(F)c4)c3CC[C@@H]2[C@@H](C)C1=O. The molecule has 0 aliphatic heterocycles. The Kier molecular flexibility index (Phi) is 4.72. The van der Waals surface area contributed by atoms with Crippen molar-refractivity contribution in [1.82, 2.24) is 14.5 Å². The summed E-state index contributed by atoms with van der Waals surface area (Å²) in [5, 5.41) is 0.960. The summed E-state index contributed by atoms with van der Waals surface area (Å²) in [5.74, 6) is 0.0966. The molecular formula is C29H23FN4O. The molecule has 0 spiro atoms. The molecule has 2 aliphatic carbocycles. The number of carbonyl (C=O) groups is 1. The monoisotopic (exact) mass is 462 g/mol. The normalized spacial score (nSPS) is 23.4. The molecule has 172 valence electrons. The van der Waals surface area contributed by atoms with Gasteiger partial charge in [0.05, 0.1) is 23.5 Å². The number of ketones is 1. The second kappa shape index (κ2) is 7.71. The first-order chi connectivity index (χ1) is 16.9. The quantitative estimate of drug-likeness (QED) is 0.340. The van der Waals surface area contributed by atoms with Gasteiger partial charge in [-0.3, -0.25) is 9.55 Å². The average Bonchev–Trinajstić information content (AvgIpc) is 3.27. The van der Waals surface area contributed by atoms with E-state index in [1.807, 2.05) is 54.0 Å². The summed E-state index contributed by atoms with van der Waals surface area (Å²) in [6, 6.07) is 16.4. The van der Waals surface area contributed by atoms with Crippen LogP contribution in [0.25, 0.3) is 32.8 Å². The van der Waals surface area contributed by atoms with Crippen LogP contribution in [0, 0.1) is 24.2 Å². The van der Waals surface area contributed by atoms with Gasteiger partial charge in [0.15, 0.2) is 5.78 Å². The first kappa shape index (κ1) is 21.4. The van der Waals surface area contributed by atoms with Crippen molar-refractivity contribution in [2.75, 3.05) is 0 Å². The highest BCUT2D eigenvalue weighted by atomic mass is 19.1. The summed E-state index contributed by atoms with van der Waals surface area (Å²) in [4.78, 5) is 26.1. The van der Waals surface area contributed by atoms with E-state index in [1.165, 1.54) is 12.1 Å². The van der Waals surface area contributed by atoms with E-state index in [4.69, 9.17) is 11.6 Å². The largest absolute Gasteiger partial charge is 0.308 e. The lowest BCUT2D eigenvalue weighted by molar-refractivity contribution is -0.121. The molecule has 0 saturated carbocycles. The van der Waals surface area contributed by atoms with E-state index in [1.54, 1.807) is 12.3 Å². The minimum absolute atomic E-state index is 0.0471. The van der Waals surface area contributed by atoms with E-state index in [0.29, 0.717) is 17.9 Å². The molecule has 6 rings (SSSR count). The molecule has 0 N–H and O–H groups in total. The Hall–Kier alpha value is -4.11. The Morgan fingerprint density at radius 3 is 2.80 bits per heavy atom.